The summed E-state index contributed by atoms with van der Waals surface area (Å²) in [5.41, 5.74) is 8.98. The van der Waals surface area contributed by atoms with Gasteiger partial charge in [-0.15, -0.1) is 0 Å². The number of rotatable bonds is 7. The summed E-state index contributed by atoms with van der Waals surface area (Å²) >= 11 is 0. The van der Waals surface area contributed by atoms with E-state index in [9.17, 15) is 22.8 Å². The number of carbonyl (C=O) groups excluding carboxylic acids is 2. The molecule has 0 radical (unpaired) electrons. The number of nitrogens with two attached hydrogens (primary N) is 2. The van der Waals surface area contributed by atoms with Crippen molar-refractivity contribution >= 4 is 34.5 Å². The Hall–Kier alpha value is -5.37. The lowest BCUT2D eigenvalue weighted by molar-refractivity contribution is -0.141. The molecule has 50 heavy (non-hydrogen) atoms. The number of nitrogen functional groups attached to an aromatic ring is 1. The summed E-state index contributed by atoms with van der Waals surface area (Å²) in [7, 11) is 0. The third-order valence-electron chi connectivity index (χ3n) is 9.90. The molecular formula is C36H36F3N8O3+. The Morgan fingerprint density at radius 1 is 1.04 bits per heavy atom. The maximum absolute atomic E-state index is 13.9. The molecule has 4 aromatic rings. The summed E-state index contributed by atoms with van der Waals surface area (Å²) in [6, 6.07) is 15.2. The predicted octanol–water partition coefficient (Wildman–Crippen LogP) is 3.38. The maximum atomic E-state index is 13.9. The summed E-state index contributed by atoms with van der Waals surface area (Å²) in [4.78, 5) is 40.5. The molecule has 5 heterocycles. The lowest BCUT2D eigenvalue weighted by Crippen LogP contribution is -2.43. The third kappa shape index (κ3) is 6.38. The van der Waals surface area contributed by atoms with Crippen molar-refractivity contribution in [2.24, 2.45) is 5.41 Å². The zero-order valence-corrected chi connectivity index (χ0v) is 27.4. The molecule has 0 bridgehead atoms. The molecule has 1 atom stereocenters. The van der Waals surface area contributed by atoms with Gasteiger partial charge in [-0.1, -0.05) is 23.4 Å². The molecule has 3 aliphatic rings. The average molecular weight is 686 g/mol. The Balaban J connectivity index is 0.966. The topological polar surface area (TPSA) is 147 Å². The second-order valence-electron chi connectivity index (χ2n) is 13.1. The normalized spacial score (nSPS) is 19.8. The lowest BCUT2D eigenvalue weighted by Gasteiger charge is -2.29. The highest BCUT2D eigenvalue weighted by Gasteiger charge is 2.51. The van der Waals surface area contributed by atoms with Crippen LogP contribution in [0.15, 0.2) is 71.4 Å². The number of amides is 2. The molecule has 258 valence electrons. The molecule has 0 unspecified atom stereocenters. The summed E-state index contributed by atoms with van der Waals surface area (Å²) in [5.74, 6) is 1.04. The van der Waals surface area contributed by atoms with E-state index in [1.165, 1.54) is 11.6 Å². The molecule has 2 fully saturated rings. The molecule has 14 heteroatoms. The van der Waals surface area contributed by atoms with Crippen molar-refractivity contribution in [3.8, 4) is 11.5 Å². The van der Waals surface area contributed by atoms with Crippen molar-refractivity contribution in [3.63, 3.8) is 0 Å². The van der Waals surface area contributed by atoms with Crippen LogP contribution in [0.1, 0.15) is 47.5 Å². The highest BCUT2D eigenvalue weighted by Crippen LogP contribution is 2.43. The van der Waals surface area contributed by atoms with Crippen molar-refractivity contribution in [1.29, 1.82) is 0 Å². The molecule has 2 aromatic heterocycles. The van der Waals surface area contributed by atoms with Gasteiger partial charge in [0.1, 0.15) is 5.69 Å². The van der Waals surface area contributed by atoms with Gasteiger partial charge in [0.25, 0.3) is 5.89 Å². The number of anilines is 2. The fourth-order valence-corrected chi connectivity index (χ4v) is 7.08. The van der Waals surface area contributed by atoms with Crippen molar-refractivity contribution in [3.05, 3.63) is 95.1 Å². The van der Waals surface area contributed by atoms with Crippen LogP contribution < -0.4 is 16.0 Å². The number of aryl methyl sites for hydroxylation is 1. The van der Waals surface area contributed by atoms with Crippen LogP contribution in [-0.2, 0) is 15.8 Å². The molecule has 1 spiro atoms. The van der Waals surface area contributed by atoms with E-state index in [-0.39, 0.29) is 35.3 Å². The molecule has 11 nitrogen and oxygen atoms in total. The zero-order valence-electron chi connectivity index (χ0n) is 27.4. The van der Waals surface area contributed by atoms with Crippen LogP contribution in [-0.4, -0.2) is 81.7 Å². The minimum absolute atomic E-state index is 0.0285. The molecular weight excluding hydrogens is 649 g/mol. The maximum Gasteiger partial charge on any atom is 0.433 e. The molecule has 2 amide bonds. The standard InChI is InChI=1S/C36H35F3N8O3/c1-22-43-33(50-44-22)25-4-2-23(3-5-25)24-9-14-46(15-10-24)31(48)20-45-16-11-35(21-45)12-17-47(34(35)49)27-6-7-29(40)28(19-27)32(41)26-8-13-42-30(18-26)36(37,38)39/h2-9,13,18-19,41H,10-12,14-17,20-21,40H2,1H3/p+1/t35-/m0/s1. The van der Waals surface area contributed by atoms with Gasteiger partial charge in [-0.3, -0.25) is 24.9 Å². The fraction of sp³-hybridized carbons (Fsp3) is 0.333. The van der Waals surface area contributed by atoms with Gasteiger partial charge in [-0.25, -0.2) is 0 Å². The number of hydrogen-bond acceptors (Lipinski definition) is 8. The predicted molar refractivity (Wildman–Crippen MR) is 179 cm³/mol. The van der Waals surface area contributed by atoms with Gasteiger partial charge < -0.3 is 20.1 Å². The first-order valence-electron chi connectivity index (χ1n) is 16.4. The minimum atomic E-state index is -4.63. The Morgan fingerprint density at radius 3 is 2.50 bits per heavy atom. The molecule has 2 saturated heterocycles. The minimum Gasteiger partial charge on any atom is -0.398 e. The first kappa shape index (κ1) is 33.1. The van der Waals surface area contributed by atoms with Crippen LogP contribution >= 0.6 is 0 Å². The number of halogens is 3. The van der Waals surface area contributed by atoms with E-state index in [0.717, 1.165) is 29.8 Å². The Labute approximate surface area is 286 Å². The Kier molecular flexibility index (Phi) is 8.50. The second kappa shape index (κ2) is 12.8. The highest BCUT2D eigenvalue weighted by atomic mass is 19.4. The van der Waals surface area contributed by atoms with E-state index >= 15 is 0 Å². The SMILES string of the molecule is Cc1noc(-c2ccc(C3=CCN(C(=O)CN4CC[C@]5(CCN(c6ccc(N)c(C(=[NH2+])c7ccnc(C(F)(F)F)c7)c6)C5=O)C4)CC3)cc2)n1. The van der Waals surface area contributed by atoms with Crippen molar-refractivity contribution in [2.75, 3.05) is 49.9 Å². The van der Waals surface area contributed by atoms with E-state index in [2.05, 4.69) is 26.1 Å². The van der Waals surface area contributed by atoms with Crippen LogP contribution in [0.25, 0.3) is 17.0 Å². The van der Waals surface area contributed by atoms with Crippen LogP contribution in [0, 0.1) is 12.3 Å². The van der Waals surface area contributed by atoms with Gasteiger partial charge in [0.2, 0.25) is 17.5 Å². The van der Waals surface area contributed by atoms with Crippen LogP contribution in [0.3, 0.4) is 0 Å². The van der Waals surface area contributed by atoms with Crippen LogP contribution in [0.4, 0.5) is 24.5 Å². The van der Waals surface area contributed by atoms with Crippen molar-refractivity contribution < 1.29 is 32.7 Å². The van der Waals surface area contributed by atoms with Crippen LogP contribution in [0.2, 0.25) is 0 Å². The first-order valence-corrected chi connectivity index (χ1v) is 16.4. The molecule has 4 N–H and O–H groups in total. The molecule has 3 aliphatic heterocycles. The monoisotopic (exact) mass is 685 g/mol. The van der Waals surface area contributed by atoms with Crippen molar-refractivity contribution in [1.82, 2.24) is 24.9 Å². The molecule has 2 aromatic carbocycles. The largest absolute Gasteiger partial charge is 0.433 e. The summed E-state index contributed by atoms with van der Waals surface area (Å²) in [6.45, 7) is 4.70. The van der Waals surface area contributed by atoms with E-state index < -0.39 is 17.3 Å². The van der Waals surface area contributed by atoms with Gasteiger partial charge in [-0.2, -0.15) is 18.2 Å². The number of likely N-dealkylation sites (tertiary alicyclic amines) is 1. The number of pyridine rings is 1. The number of benzene rings is 2. The van der Waals surface area contributed by atoms with Crippen LogP contribution in [0.5, 0.6) is 0 Å². The smallest absolute Gasteiger partial charge is 0.398 e. The van der Waals surface area contributed by atoms with Gasteiger partial charge in [0.15, 0.2) is 5.82 Å². The van der Waals surface area contributed by atoms with Crippen molar-refractivity contribution in [2.45, 2.75) is 32.4 Å². The van der Waals surface area contributed by atoms with Gasteiger partial charge >= 0.3 is 6.18 Å². The Bertz CT molecular complexity index is 2010. The third-order valence-corrected chi connectivity index (χ3v) is 9.90. The zero-order chi connectivity index (χ0) is 35.2. The van der Waals surface area contributed by atoms with Gasteiger partial charge in [0, 0.05) is 54.9 Å². The quantitative estimate of drug-likeness (QED) is 0.222. The molecule has 0 saturated carbocycles. The second-order valence-corrected chi connectivity index (χ2v) is 13.1. The summed E-state index contributed by atoms with van der Waals surface area (Å²) in [5, 5.41) is 10.2. The first-order chi connectivity index (χ1) is 23.9. The number of nitrogens with zero attached hydrogens (tertiary/aromatic N) is 6. The number of alkyl halides is 3. The summed E-state index contributed by atoms with van der Waals surface area (Å²) < 4.78 is 45.1. The van der Waals surface area contributed by atoms with E-state index in [4.69, 9.17) is 15.7 Å². The average Bonchev–Trinajstić information content (AvgIpc) is 3.83. The number of carbonyl (C=O) groups is 2. The Morgan fingerprint density at radius 2 is 1.80 bits per heavy atom. The number of aromatic nitrogens is 3. The highest BCUT2D eigenvalue weighted by molar-refractivity contribution is 6.13. The fourth-order valence-electron chi connectivity index (χ4n) is 7.08. The summed E-state index contributed by atoms with van der Waals surface area (Å²) in [6.07, 6.45) is 0.501. The molecule has 7 rings (SSSR count). The van der Waals surface area contributed by atoms with E-state index in [0.29, 0.717) is 68.5 Å². The van der Waals surface area contributed by atoms with Gasteiger partial charge in [-0.05, 0) is 86.3 Å². The molecule has 0 aliphatic carbocycles. The number of hydrogen-bond donors (Lipinski definition) is 2. The lowest BCUT2D eigenvalue weighted by atomic mass is 9.85. The van der Waals surface area contributed by atoms with E-state index in [1.54, 1.807) is 30.0 Å². The van der Waals surface area contributed by atoms with E-state index in [1.807, 2.05) is 29.2 Å². The van der Waals surface area contributed by atoms with Gasteiger partial charge in [0.05, 0.1) is 17.5 Å².